The first-order valence-electron chi connectivity index (χ1n) is 6.43. The normalized spacial score (nSPS) is 18.2. The van der Waals surface area contributed by atoms with E-state index in [1.165, 1.54) is 18.6 Å². The number of rotatable bonds is 3. The third kappa shape index (κ3) is 2.82. The largest absolute Gasteiger partial charge is 0.506 e. The molecule has 1 aliphatic rings. The van der Waals surface area contributed by atoms with Gasteiger partial charge in [0.05, 0.1) is 15.5 Å². The molecule has 1 aromatic rings. The fourth-order valence-corrected chi connectivity index (χ4v) is 2.95. The van der Waals surface area contributed by atoms with Gasteiger partial charge in [-0.15, -0.1) is 0 Å². The van der Waals surface area contributed by atoms with Gasteiger partial charge in [0.2, 0.25) is 0 Å². The zero-order valence-electron chi connectivity index (χ0n) is 10.5. The Morgan fingerprint density at radius 2 is 2.00 bits per heavy atom. The Labute approximate surface area is 116 Å². The van der Waals surface area contributed by atoms with Gasteiger partial charge in [-0.05, 0) is 24.8 Å². The molecule has 0 saturated heterocycles. The van der Waals surface area contributed by atoms with Gasteiger partial charge in [-0.2, -0.15) is 0 Å². The second-order valence-electron chi connectivity index (χ2n) is 5.01. The third-order valence-corrected chi connectivity index (χ3v) is 4.14. The van der Waals surface area contributed by atoms with Gasteiger partial charge >= 0.3 is 0 Å². The molecule has 1 aliphatic carbocycles. The number of hydrogen-bond donors (Lipinski definition) is 2. The van der Waals surface area contributed by atoms with Crippen LogP contribution in [0, 0.1) is 16.0 Å². The van der Waals surface area contributed by atoms with Crippen LogP contribution in [0.2, 0.25) is 5.02 Å². The lowest BCUT2D eigenvalue weighted by Crippen LogP contribution is -2.24. The number of nitrogens with two attached hydrogens (primary N) is 1. The number of phenols is 1. The first kappa shape index (κ1) is 14.1. The highest BCUT2D eigenvalue weighted by Gasteiger charge is 2.31. The first-order valence-corrected chi connectivity index (χ1v) is 6.81. The van der Waals surface area contributed by atoms with Gasteiger partial charge in [-0.1, -0.05) is 30.9 Å². The molecule has 19 heavy (non-hydrogen) atoms. The van der Waals surface area contributed by atoms with E-state index in [1.54, 1.807) is 0 Å². The van der Waals surface area contributed by atoms with Crippen molar-refractivity contribution in [3.63, 3.8) is 0 Å². The Kier molecular flexibility index (Phi) is 4.27. The molecular weight excluding hydrogens is 268 g/mol. The lowest BCUT2D eigenvalue weighted by molar-refractivity contribution is -0.385. The van der Waals surface area contributed by atoms with Gasteiger partial charge in [-0.25, -0.2) is 0 Å². The van der Waals surface area contributed by atoms with Crippen molar-refractivity contribution >= 4 is 17.3 Å². The number of aromatic hydroxyl groups is 1. The minimum Gasteiger partial charge on any atom is -0.506 e. The molecule has 0 radical (unpaired) electrons. The molecule has 0 aliphatic heterocycles. The summed E-state index contributed by atoms with van der Waals surface area (Å²) in [5.74, 6) is -0.0919. The predicted molar refractivity (Wildman–Crippen MR) is 73.3 cm³/mol. The Morgan fingerprint density at radius 3 is 2.58 bits per heavy atom. The minimum absolute atomic E-state index is 0.104. The summed E-state index contributed by atoms with van der Waals surface area (Å²) in [4.78, 5) is 10.5. The van der Waals surface area contributed by atoms with E-state index >= 15 is 0 Å². The first-order chi connectivity index (χ1) is 9.02. The Hall–Kier alpha value is -1.33. The monoisotopic (exact) mass is 284 g/mol. The van der Waals surface area contributed by atoms with Crippen molar-refractivity contribution < 1.29 is 10.0 Å². The van der Waals surface area contributed by atoms with Crippen molar-refractivity contribution in [1.82, 2.24) is 0 Å². The van der Waals surface area contributed by atoms with E-state index in [-0.39, 0.29) is 27.9 Å². The van der Waals surface area contributed by atoms with Gasteiger partial charge in [0.25, 0.3) is 5.69 Å². The molecular formula is C13H17ClN2O3. The van der Waals surface area contributed by atoms with Crippen molar-refractivity contribution in [2.24, 2.45) is 11.7 Å². The zero-order chi connectivity index (χ0) is 14.0. The number of phenolic OH excluding ortho intramolecular Hbond substituents is 1. The van der Waals surface area contributed by atoms with Crippen molar-refractivity contribution in [3.05, 3.63) is 32.8 Å². The molecule has 0 spiro atoms. The highest BCUT2D eigenvalue weighted by atomic mass is 35.5. The number of nitro groups is 1. The molecule has 2 rings (SSSR count). The van der Waals surface area contributed by atoms with Gasteiger partial charge in [0.1, 0.15) is 5.75 Å². The quantitative estimate of drug-likeness (QED) is 0.656. The number of halogens is 1. The summed E-state index contributed by atoms with van der Waals surface area (Å²) < 4.78 is 0. The number of hydrogen-bond acceptors (Lipinski definition) is 4. The Bertz CT molecular complexity index is 487. The second-order valence-corrected chi connectivity index (χ2v) is 5.42. The van der Waals surface area contributed by atoms with Crippen LogP contribution >= 0.6 is 11.6 Å². The summed E-state index contributed by atoms with van der Waals surface area (Å²) in [6, 6.07) is 2.09. The molecule has 0 bridgehead atoms. The van der Waals surface area contributed by atoms with Crippen LogP contribution in [-0.4, -0.2) is 10.0 Å². The summed E-state index contributed by atoms with van der Waals surface area (Å²) in [5, 5.41) is 21.2. The van der Waals surface area contributed by atoms with Crippen molar-refractivity contribution in [2.75, 3.05) is 0 Å². The van der Waals surface area contributed by atoms with E-state index in [0.717, 1.165) is 25.7 Å². The SMILES string of the molecule is N[C@H](c1c([N+](=O)[O-])ccc(Cl)c1O)C1CCCCC1. The van der Waals surface area contributed by atoms with Crippen LogP contribution in [0.4, 0.5) is 5.69 Å². The lowest BCUT2D eigenvalue weighted by Gasteiger charge is -2.28. The van der Waals surface area contributed by atoms with Crippen molar-refractivity contribution in [2.45, 2.75) is 38.1 Å². The summed E-state index contributed by atoms with van der Waals surface area (Å²) in [6.45, 7) is 0. The highest BCUT2D eigenvalue weighted by molar-refractivity contribution is 6.32. The molecule has 0 amide bonds. The maximum Gasteiger partial charge on any atom is 0.278 e. The van der Waals surface area contributed by atoms with E-state index in [4.69, 9.17) is 17.3 Å². The molecule has 3 N–H and O–H groups in total. The maximum atomic E-state index is 11.1. The van der Waals surface area contributed by atoms with Gasteiger partial charge in [-0.3, -0.25) is 10.1 Å². The summed E-state index contributed by atoms with van der Waals surface area (Å²) in [6.07, 6.45) is 5.20. The zero-order valence-corrected chi connectivity index (χ0v) is 11.3. The molecule has 0 unspecified atom stereocenters. The van der Waals surface area contributed by atoms with E-state index < -0.39 is 11.0 Å². The molecule has 0 aromatic heterocycles. The molecule has 104 valence electrons. The molecule has 6 heteroatoms. The van der Waals surface area contributed by atoms with Crippen LogP contribution < -0.4 is 5.73 Å². The fraction of sp³-hybridized carbons (Fsp3) is 0.538. The summed E-state index contributed by atoms with van der Waals surface area (Å²) in [7, 11) is 0. The van der Waals surface area contributed by atoms with E-state index in [9.17, 15) is 15.2 Å². The van der Waals surface area contributed by atoms with Crippen molar-refractivity contribution in [1.29, 1.82) is 0 Å². The standard InChI is InChI=1S/C13H17ClN2O3/c14-9-6-7-10(16(18)19)11(13(9)17)12(15)8-4-2-1-3-5-8/h6-8,12,17H,1-5,15H2/t12-/m0/s1. The number of nitro benzene ring substituents is 1. The van der Waals surface area contributed by atoms with Crippen LogP contribution in [-0.2, 0) is 0 Å². The summed E-state index contributed by atoms with van der Waals surface area (Å²) >= 11 is 5.85. The second kappa shape index (κ2) is 5.75. The molecule has 1 atom stereocenters. The van der Waals surface area contributed by atoms with Gasteiger partial charge < -0.3 is 10.8 Å². The topological polar surface area (TPSA) is 89.4 Å². The Balaban J connectivity index is 2.41. The van der Waals surface area contributed by atoms with Crippen LogP contribution in [0.3, 0.4) is 0 Å². The fourth-order valence-electron chi connectivity index (χ4n) is 2.79. The molecule has 1 saturated carbocycles. The minimum atomic E-state index is -0.542. The average molecular weight is 285 g/mol. The molecule has 0 heterocycles. The maximum absolute atomic E-state index is 11.1. The number of benzene rings is 1. The molecule has 1 aromatic carbocycles. The average Bonchev–Trinajstić information content (AvgIpc) is 2.41. The number of nitrogens with zero attached hydrogens (tertiary/aromatic N) is 1. The smallest absolute Gasteiger partial charge is 0.278 e. The molecule has 5 nitrogen and oxygen atoms in total. The predicted octanol–water partition coefficient (Wildman–Crippen LogP) is 3.53. The van der Waals surface area contributed by atoms with E-state index in [1.807, 2.05) is 0 Å². The lowest BCUT2D eigenvalue weighted by atomic mass is 9.81. The van der Waals surface area contributed by atoms with E-state index in [0.29, 0.717) is 0 Å². The van der Waals surface area contributed by atoms with Crippen LogP contribution in [0.1, 0.15) is 43.7 Å². The van der Waals surface area contributed by atoms with Crippen LogP contribution in [0.25, 0.3) is 0 Å². The third-order valence-electron chi connectivity index (χ3n) is 3.83. The highest BCUT2D eigenvalue weighted by Crippen LogP contribution is 2.43. The van der Waals surface area contributed by atoms with Gasteiger partial charge in [0.15, 0.2) is 0 Å². The molecule has 1 fully saturated rings. The van der Waals surface area contributed by atoms with Crippen LogP contribution in [0.5, 0.6) is 5.75 Å². The van der Waals surface area contributed by atoms with E-state index in [2.05, 4.69) is 0 Å². The van der Waals surface area contributed by atoms with Gasteiger partial charge in [0, 0.05) is 12.1 Å². The van der Waals surface area contributed by atoms with Crippen LogP contribution in [0.15, 0.2) is 12.1 Å². The summed E-state index contributed by atoms with van der Waals surface area (Å²) in [5.41, 5.74) is 6.17. The Morgan fingerprint density at radius 1 is 1.37 bits per heavy atom. The van der Waals surface area contributed by atoms with Crippen molar-refractivity contribution in [3.8, 4) is 5.75 Å².